The first-order valence-electron chi connectivity index (χ1n) is 5.55. The molecule has 2 aromatic heterocycles. The van der Waals surface area contributed by atoms with Crippen LogP contribution in [0, 0.1) is 6.92 Å². The number of aromatic nitrogens is 3. The summed E-state index contributed by atoms with van der Waals surface area (Å²) in [4.78, 5) is 14.4. The summed E-state index contributed by atoms with van der Waals surface area (Å²) in [7, 11) is -3.87. The topological polar surface area (TPSA) is 114 Å². The SMILES string of the molecule is Cc1cnn(CCNS(=O)(=O)c2scnc2C(=O)O)c1. The van der Waals surface area contributed by atoms with Gasteiger partial charge in [0.25, 0.3) is 10.0 Å². The highest BCUT2D eigenvalue weighted by Crippen LogP contribution is 2.19. The molecule has 0 atom stereocenters. The molecule has 108 valence electrons. The molecule has 2 heterocycles. The Labute approximate surface area is 119 Å². The molecule has 0 bridgehead atoms. The van der Waals surface area contributed by atoms with E-state index in [2.05, 4.69) is 14.8 Å². The summed E-state index contributed by atoms with van der Waals surface area (Å²) >= 11 is 0.770. The second kappa shape index (κ2) is 5.69. The van der Waals surface area contributed by atoms with Crippen LogP contribution < -0.4 is 4.72 Å². The molecule has 10 heteroatoms. The molecule has 2 rings (SSSR count). The molecule has 20 heavy (non-hydrogen) atoms. The van der Waals surface area contributed by atoms with Crippen molar-refractivity contribution in [3.63, 3.8) is 0 Å². The van der Waals surface area contributed by atoms with Gasteiger partial charge in [0.05, 0.1) is 18.3 Å². The third kappa shape index (κ3) is 3.21. The summed E-state index contributed by atoms with van der Waals surface area (Å²) in [6.07, 6.45) is 3.45. The summed E-state index contributed by atoms with van der Waals surface area (Å²) in [5.74, 6) is -1.37. The van der Waals surface area contributed by atoms with Crippen LogP contribution in [0.15, 0.2) is 22.1 Å². The van der Waals surface area contributed by atoms with Gasteiger partial charge in [-0.3, -0.25) is 4.68 Å². The van der Waals surface area contributed by atoms with E-state index in [0.717, 1.165) is 16.9 Å². The zero-order valence-corrected chi connectivity index (χ0v) is 12.1. The standard InChI is InChI=1S/C10H12N4O4S2/c1-7-4-12-14(5-7)3-2-13-20(17,18)10-8(9(15)16)11-6-19-10/h4-6,13H,2-3H2,1H3,(H,15,16). The van der Waals surface area contributed by atoms with Crippen LogP contribution in [0.5, 0.6) is 0 Å². The average molecular weight is 316 g/mol. The van der Waals surface area contributed by atoms with Crippen LogP contribution in [-0.4, -0.2) is 40.8 Å². The summed E-state index contributed by atoms with van der Waals surface area (Å²) in [6, 6.07) is 0. The molecule has 2 N–H and O–H groups in total. The van der Waals surface area contributed by atoms with Gasteiger partial charge in [-0.15, -0.1) is 11.3 Å². The summed E-state index contributed by atoms with van der Waals surface area (Å²) in [5.41, 5.74) is 1.70. The van der Waals surface area contributed by atoms with Gasteiger partial charge in [0.2, 0.25) is 0 Å². The fraction of sp³-hybridized carbons (Fsp3) is 0.300. The Morgan fingerprint density at radius 2 is 2.30 bits per heavy atom. The van der Waals surface area contributed by atoms with E-state index in [1.807, 2.05) is 6.92 Å². The molecule has 0 amide bonds. The number of thiazole rings is 1. The lowest BCUT2D eigenvalue weighted by Crippen LogP contribution is -2.28. The molecule has 2 aromatic rings. The van der Waals surface area contributed by atoms with Gasteiger partial charge in [-0.05, 0) is 12.5 Å². The predicted molar refractivity (Wildman–Crippen MR) is 71.2 cm³/mol. The van der Waals surface area contributed by atoms with Gasteiger partial charge in [-0.25, -0.2) is 22.9 Å². The number of carbonyl (C=O) groups is 1. The maximum atomic E-state index is 12.0. The lowest BCUT2D eigenvalue weighted by atomic mass is 10.4. The minimum Gasteiger partial charge on any atom is -0.476 e. The fourth-order valence-corrected chi connectivity index (χ4v) is 3.72. The van der Waals surface area contributed by atoms with Crippen molar-refractivity contribution in [2.45, 2.75) is 17.7 Å². The van der Waals surface area contributed by atoms with Crippen molar-refractivity contribution in [3.05, 3.63) is 29.2 Å². The lowest BCUT2D eigenvalue weighted by molar-refractivity contribution is 0.0687. The van der Waals surface area contributed by atoms with E-state index in [4.69, 9.17) is 5.11 Å². The summed E-state index contributed by atoms with van der Waals surface area (Å²) in [5, 5.41) is 12.9. The Bertz CT molecular complexity index is 719. The molecule has 0 saturated heterocycles. The number of aromatic carboxylic acids is 1. The smallest absolute Gasteiger partial charge is 0.356 e. The normalized spacial score (nSPS) is 11.7. The molecule has 0 aliphatic rings. The monoisotopic (exact) mass is 316 g/mol. The second-order valence-electron chi connectivity index (χ2n) is 3.97. The second-order valence-corrected chi connectivity index (χ2v) is 6.79. The van der Waals surface area contributed by atoms with Crippen LogP contribution in [-0.2, 0) is 16.6 Å². The Hall–Kier alpha value is -1.78. The lowest BCUT2D eigenvalue weighted by Gasteiger charge is -2.05. The molecule has 0 spiro atoms. The molecule has 0 aliphatic carbocycles. The number of sulfonamides is 1. The maximum absolute atomic E-state index is 12.0. The number of hydrogen-bond acceptors (Lipinski definition) is 6. The van der Waals surface area contributed by atoms with E-state index in [1.165, 1.54) is 5.51 Å². The number of nitrogens with one attached hydrogen (secondary N) is 1. The number of carboxylic acid groups (broad SMARTS) is 1. The van der Waals surface area contributed by atoms with Crippen molar-refractivity contribution in [1.82, 2.24) is 19.5 Å². The zero-order valence-electron chi connectivity index (χ0n) is 10.5. The molecule has 0 radical (unpaired) electrons. The molecule has 0 aliphatic heterocycles. The van der Waals surface area contributed by atoms with Crippen LogP contribution in [0.25, 0.3) is 0 Å². The van der Waals surface area contributed by atoms with Crippen LogP contribution in [0.4, 0.5) is 0 Å². The maximum Gasteiger partial charge on any atom is 0.356 e. The molecular formula is C10H12N4O4S2. The number of aryl methyl sites for hydroxylation is 1. The molecule has 0 fully saturated rings. The first-order chi connectivity index (χ1) is 9.40. The first-order valence-corrected chi connectivity index (χ1v) is 7.92. The Balaban J connectivity index is 2.04. The quantitative estimate of drug-likeness (QED) is 0.793. The number of nitrogens with zero attached hydrogens (tertiary/aromatic N) is 3. The minimum atomic E-state index is -3.87. The van der Waals surface area contributed by atoms with Crippen LogP contribution >= 0.6 is 11.3 Å². The van der Waals surface area contributed by atoms with Crippen LogP contribution in [0.3, 0.4) is 0 Å². The van der Waals surface area contributed by atoms with E-state index in [1.54, 1.807) is 17.1 Å². The van der Waals surface area contributed by atoms with Gasteiger partial charge in [0.15, 0.2) is 9.90 Å². The van der Waals surface area contributed by atoms with Gasteiger partial charge in [0.1, 0.15) is 0 Å². The van der Waals surface area contributed by atoms with Crippen molar-refractivity contribution in [2.75, 3.05) is 6.54 Å². The van der Waals surface area contributed by atoms with E-state index in [-0.39, 0.29) is 10.8 Å². The predicted octanol–water partition coefficient (Wildman–Crippen LogP) is 0.325. The van der Waals surface area contributed by atoms with Crippen LogP contribution in [0.2, 0.25) is 0 Å². The van der Waals surface area contributed by atoms with Gasteiger partial charge >= 0.3 is 5.97 Å². The molecule has 0 saturated carbocycles. The van der Waals surface area contributed by atoms with Crippen molar-refractivity contribution < 1.29 is 18.3 Å². The van der Waals surface area contributed by atoms with Crippen molar-refractivity contribution in [3.8, 4) is 0 Å². The number of hydrogen-bond donors (Lipinski definition) is 2. The van der Waals surface area contributed by atoms with Crippen molar-refractivity contribution in [1.29, 1.82) is 0 Å². The number of rotatable bonds is 6. The molecular weight excluding hydrogens is 304 g/mol. The summed E-state index contributed by atoms with van der Waals surface area (Å²) < 4.78 is 27.6. The molecule has 0 unspecified atom stereocenters. The first kappa shape index (κ1) is 14.6. The Kier molecular flexibility index (Phi) is 4.16. The van der Waals surface area contributed by atoms with Gasteiger partial charge in [-0.2, -0.15) is 5.10 Å². The van der Waals surface area contributed by atoms with E-state index in [9.17, 15) is 13.2 Å². The van der Waals surface area contributed by atoms with Crippen molar-refractivity contribution >= 4 is 27.3 Å². The minimum absolute atomic E-state index is 0.112. The Morgan fingerprint density at radius 3 is 2.90 bits per heavy atom. The highest BCUT2D eigenvalue weighted by Gasteiger charge is 2.25. The van der Waals surface area contributed by atoms with E-state index >= 15 is 0 Å². The Morgan fingerprint density at radius 1 is 1.55 bits per heavy atom. The van der Waals surface area contributed by atoms with E-state index in [0.29, 0.717) is 6.54 Å². The van der Waals surface area contributed by atoms with E-state index < -0.39 is 21.7 Å². The van der Waals surface area contributed by atoms with Crippen molar-refractivity contribution in [2.24, 2.45) is 0 Å². The highest BCUT2D eigenvalue weighted by molar-refractivity contribution is 7.91. The highest BCUT2D eigenvalue weighted by atomic mass is 32.2. The molecule has 8 nitrogen and oxygen atoms in total. The zero-order chi connectivity index (χ0) is 14.8. The largest absolute Gasteiger partial charge is 0.476 e. The van der Waals surface area contributed by atoms with Gasteiger partial charge < -0.3 is 5.11 Å². The molecule has 0 aromatic carbocycles. The average Bonchev–Trinajstić information content (AvgIpc) is 2.97. The summed E-state index contributed by atoms with van der Waals surface area (Å²) in [6.45, 7) is 2.35. The van der Waals surface area contributed by atoms with Gasteiger partial charge in [-0.1, -0.05) is 0 Å². The third-order valence-electron chi connectivity index (χ3n) is 2.38. The van der Waals surface area contributed by atoms with Crippen LogP contribution in [0.1, 0.15) is 16.1 Å². The fourth-order valence-electron chi connectivity index (χ4n) is 1.52. The number of carboxylic acids is 1. The van der Waals surface area contributed by atoms with Gasteiger partial charge in [0, 0.05) is 12.7 Å². The third-order valence-corrected chi connectivity index (χ3v) is 5.21.